The summed E-state index contributed by atoms with van der Waals surface area (Å²) in [5.41, 5.74) is 6.48. The molecular formula is C11H18N4O. The maximum atomic E-state index is 5.61. The molecule has 1 aromatic heterocycles. The van der Waals surface area contributed by atoms with Crippen molar-refractivity contribution in [2.24, 2.45) is 0 Å². The number of aryl methyl sites for hydroxylation is 1. The smallest absolute Gasteiger partial charge is 0.222 e. The number of rotatable bonds is 3. The predicted molar refractivity (Wildman–Crippen MR) is 63.2 cm³/mol. The van der Waals surface area contributed by atoms with E-state index in [-0.39, 0.29) is 6.10 Å². The van der Waals surface area contributed by atoms with Gasteiger partial charge in [0.25, 0.3) is 0 Å². The van der Waals surface area contributed by atoms with Gasteiger partial charge in [0.2, 0.25) is 5.95 Å². The molecule has 1 aromatic rings. The maximum Gasteiger partial charge on any atom is 0.222 e. The molecule has 2 rings (SSSR count). The van der Waals surface area contributed by atoms with Crippen LogP contribution in [0.2, 0.25) is 0 Å². The van der Waals surface area contributed by atoms with Crippen molar-refractivity contribution in [3.8, 4) is 0 Å². The van der Waals surface area contributed by atoms with E-state index >= 15 is 0 Å². The van der Waals surface area contributed by atoms with Crippen molar-refractivity contribution >= 4 is 11.8 Å². The lowest BCUT2D eigenvalue weighted by atomic mass is 10.2. The quantitative estimate of drug-likeness (QED) is 0.807. The van der Waals surface area contributed by atoms with Gasteiger partial charge < -0.3 is 15.8 Å². The number of aromatic nitrogens is 2. The summed E-state index contributed by atoms with van der Waals surface area (Å²) in [6, 6.07) is 2.24. The second kappa shape index (κ2) is 4.65. The first kappa shape index (κ1) is 11.1. The standard InChI is InChI=1S/C11H18N4O/c1-7-6-10(15-11(12)13-7)14-8-4-3-5-9(8)16-2/h6,8-9H,3-5H2,1-2H3,(H3,12,13,14,15). The first-order valence-corrected chi connectivity index (χ1v) is 5.59. The number of nitrogens with two attached hydrogens (primary N) is 1. The third kappa shape index (κ3) is 2.41. The van der Waals surface area contributed by atoms with Crippen LogP contribution in [0.5, 0.6) is 0 Å². The van der Waals surface area contributed by atoms with Gasteiger partial charge in [-0.1, -0.05) is 0 Å². The maximum absolute atomic E-state index is 5.61. The van der Waals surface area contributed by atoms with Crippen molar-refractivity contribution < 1.29 is 4.74 Å². The van der Waals surface area contributed by atoms with Gasteiger partial charge in [0.05, 0.1) is 12.1 Å². The molecule has 1 fully saturated rings. The fourth-order valence-electron chi connectivity index (χ4n) is 2.23. The molecule has 5 heteroatoms. The van der Waals surface area contributed by atoms with E-state index in [2.05, 4.69) is 15.3 Å². The summed E-state index contributed by atoms with van der Waals surface area (Å²) in [7, 11) is 1.75. The van der Waals surface area contributed by atoms with Gasteiger partial charge in [-0.05, 0) is 26.2 Å². The normalized spacial score (nSPS) is 24.6. The summed E-state index contributed by atoms with van der Waals surface area (Å²) in [6.45, 7) is 1.91. The molecule has 2 atom stereocenters. The number of ether oxygens (including phenoxy) is 1. The van der Waals surface area contributed by atoms with E-state index in [1.54, 1.807) is 7.11 Å². The largest absolute Gasteiger partial charge is 0.379 e. The van der Waals surface area contributed by atoms with Crippen LogP contribution in [0, 0.1) is 6.92 Å². The number of anilines is 2. The minimum Gasteiger partial charge on any atom is -0.379 e. The van der Waals surface area contributed by atoms with E-state index < -0.39 is 0 Å². The summed E-state index contributed by atoms with van der Waals surface area (Å²) in [6.07, 6.45) is 3.68. The summed E-state index contributed by atoms with van der Waals surface area (Å²) in [4.78, 5) is 8.21. The zero-order valence-electron chi connectivity index (χ0n) is 9.73. The topological polar surface area (TPSA) is 73.1 Å². The van der Waals surface area contributed by atoms with Crippen LogP contribution >= 0.6 is 0 Å². The lowest BCUT2D eigenvalue weighted by Crippen LogP contribution is -2.30. The number of nitrogens with one attached hydrogen (secondary N) is 1. The molecule has 0 saturated heterocycles. The van der Waals surface area contributed by atoms with E-state index in [1.807, 2.05) is 13.0 Å². The fourth-order valence-corrected chi connectivity index (χ4v) is 2.23. The summed E-state index contributed by atoms with van der Waals surface area (Å²) >= 11 is 0. The Balaban J connectivity index is 2.08. The molecule has 0 amide bonds. The van der Waals surface area contributed by atoms with E-state index in [9.17, 15) is 0 Å². The van der Waals surface area contributed by atoms with Crippen molar-refractivity contribution in [3.63, 3.8) is 0 Å². The lowest BCUT2D eigenvalue weighted by Gasteiger charge is -2.20. The van der Waals surface area contributed by atoms with E-state index in [4.69, 9.17) is 10.5 Å². The van der Waals surface area contributed by atoms with Gasteiger partial charge in [0, 0.05) is 18.9 Å². The molecule has 0 radical (unpaired) electrons. The molecular weight excluding hydrogens is 204 g/mol. The molecule has 1 heterocycles. The van der Waals surface area contributed by atoms with Crippen molar-refractivity contribution in [1.29, 1.82) is 0 Å². The van der Waals surface area contributed by atoms with Crippen LogP contribution in [0.1, 0.15) is 25.0 Å². The summed E-state index contributed by atoms with van der Waals surface area (Å²) < 4.78 is 5.42. The van der Waals surface area contributed by atoms with Gasteiger partial charge >= 0.3 is 0 Å². The number of nitrogen functional groups attached to an aromatic ring is 1. The van der Waals surface area contributed by atoms with Gasteiger partial charge in [0.15, 0.2) is 0 Å². The molecule has 2 unspecified atom stereocenters. The highest BCUT2D eigenvalue weighted by Crippen LogP contribution is 2.24. The van der Waals surface area contributed by atoms with Crippen LogP contribution in [0.15, 0.2) is 6.07 Å². The van der Waals surface area contributed by atoms with Gasteiger partial charge in [-0.2, -0.15) is 4.98 Å². The zero-order valence-corrected chi connectivity index (χ0v) is 9.73. The Kier molecular flexibility index (Phi) is 3.24. The molecule has 5 nitrogen and oxygen atoms in total. The van der Waals surface area contributed by atoms with E-state index in [0.29, 0.717) is 12.0 Å². The molecule has 0 aliphatic heterocycles. The number of nitrogens with zero attached hydrogens (tertiary/aromatic N) is 2. The van der Waals surface area contributed by atoms with Crippen molar-refractivity contribution in [1.82, 2.24) is 9.97 Å². The monoisotopic (exact) mass is 222 g/mol. The number of hydrogen-bond acceptors (Lipinski definition) is 5. The highest BCUT2D eigenvalue weighted by molar-refractivity contribution is 5.41. The molecule has 1 saturated carbocycles. The average Bonchev–Trinajstić information content (AvgIpc) is 2.63. The second-order valence-corrected chi connectivity index (χ2v) is 4.21. The Hall–Kier alpha value is -1.36. The highest BCUT2D eigenvalue weighted by Gasteiger charge is 2.27. The average molecular weight is 222 g/mol. The summed E-state index contributed by atoms with van der Waals surface area (Å²) in [5.74, 6) is 1.11. The van der Waals surface area contributed by atoms with Gasteiger partial charge in [-0.15, -0.1) is 0 Å². The molecule has 88 valence electrons. The van der Waals surface area contributed by atoms with Crippen molar-refractivity contribution in [3.05, 3.63) is 11.8 Å². The van der Waals surface area contributed by atoms with Gasteiger partial charge in [-0.25, -0.2) is 4.98 Å². The lowest BCUT2D eigenvalue weighted by molar-refractivity contribution is 0.101. The van der Waals surface area contributed by atoms with Crippen LogP contribution < -0.4 is 11.1 Å². The van der Waals surface area contributed by atoms with Crippen LogP contribution in [0.25, 0.3) is 0 Å². The molecule has 0 bridgehead atoms. The molecule has 1 aliphatic carbocycles. The minimum atomic E-state index is 0.275. The Morgan fingerprint density at radius 2 is 2.25 bits per heavy atom. The third-order valence-corrected chi connectivity index (χ3v) is 2.96. The van der Waals surface area contributed by atoms with Crippen LogP contribution in [-0.4, -0.2) is 29.2 Å². The van der Waals surface area contributed by atoms with Gasteiger partial charge in [-0.3, -0.25) is 0 Å². The SMILES string of the molecule is COC1CCCC1Nc1cc(C)nc(N)n1. The molecule has 3 N–H and O–H groups in total. The summed E-state index contributed by atoms with van der Waals surface area (Å²) in [5, 5.41) is 3.37. The Bertz CT molecular complexity index is 349. The van der Waals surface area contributed by atoms with Crippen molar-refractivity contribution in [2.45, 2.75) is 38.3 Å². The Morgan fingerprint density at radius 3 is 2.94 bits per heavy atom. The predicted octanol–water partition coefficient (Wildman–Crippen LogP) is 1.35. The number of hydrogen-bond donors (Lipinski definition) is 2. The van der Waals surface area contributed by atoms with Crippen LogP contribution in [0.3, 0.4) is 0 Å². The van der Waals surface area contributed by atoms with Gasteiger partial charge in [0.1, 0.15) is 5.82 Å². The second-order valence-electron chi connectivity index (χ2n) is 4.21. The molecule has 0 spiro atoms. The first-order valence-electron chi connectivity index (χ1n) is 5.59. The molecule has 1 aliphatic rings. The fraction of sp³-hybridized carbons (Fsp3) is 0.636. The van der Waals surface area contributed by atoms with E-state index in [1.165, 1.54) is 6.42 Å². The third-order valence-electron chi connectivity index (χ3n) is 2.96. The van der Waals surface area contributed by atoms with Crippen molar-refractivity contribution in [2.75, 3.05) is 18.2 Å². The van der Waals surface area contributed by atoms with E-state index in [0.717, 1.165) is 24.4 Å². The Morgan fingerprint density at radius 1 is 1.44 bits per heavy atom. The van der Waals surface area contributed by atoms with Crippen LogP contribution in [-0.2, 0) is 4.74 Å². The first-order chi connectivity index (χ1) is 7.69. The zero-order chi connectivity index (χ0) is 11.5. The Labute approximate surface area is 95.4 Å². The highest BCUT2D eigenvalue weighted by atomic mass is 16.5. The minimum absolute atomic E-state index is 0.275. The molecule has 0 aromatic carbocycles. The van der Waals surface area contributed by atoms with Crippen LogP contribution in [0.4, 0.5) is 11.8 Å². The molecule has 16 heavy (non-hydrogen) atoms. The number of methoxy groups -OCH3 is 1.